The van der Waals surface area contributed by atoms with Crippen LogP contribution in [0.3, 0.4) is 0 Å². The molecule has 1 aromatic heterocycles. The molecular formula is C12H18BrN3OS. The lowest BCUT2D eigenvalue weighted by atomic mass is 10.00. The van der Waals surface area contributed by atoms with E-state index >= 15 is 0 Å². The van der Waals surface area contributed by atoms with Crippen molar-refractivity contribution < 1.29 is 4.79 Å². The van der Waals surface area contributed by atoms with Crippen molar-refractivity contribution in [3.8, 4) is 0 Å². The number of amides is 1. The zero-order valence-electron chi connectivity index (χ0n) is 10.6. The third-order valence-corrected chi connectivity index (χ3v) is 4.93. The van der Waals surface area contributed by atoms with Gasteiger partial charge in [-0.25, -0.2) is 0 Å². The molecule has 4 nitrogen and oxygen atoms in total. The lowest BCUT2D eigenvalue weighted by molar-refractivity contribution is 0.0689. The molecule has 1 saturated heterocycles. The van der Waals surface area contributed by atoms with Gasteiger partial charge in [-0.1, -0.05) is 33.8 Å². The minimum atomic E-state index is 0.124. The largest absolute Gasteiger partial charge is 0.338 e. The summed E-state index contributed by atoms with van der Waals surface area (Å²) < 4.78 is 3.93. The Morgan fingerprint density at radius 2 is 2.44 bits per heavy atom. The summed E-state index contributed by atoms with van der Waals surface area (Å²) in [5.74, 6) is 0.706. The van der Waals surface area contributed by atoms with E-state index < -0.39 is 0 Å². The SMILES string of the molecule is CCCc1nnsc1C(=O)N1CCCC(CBr)C1. The molecule has 1 amide bonds. The normalized spacial score (nSPS) is 20.1. The quantitative estimate of drug-likeness (QED) is 0.797. The molecule has 1 atom stereocenters. The van der Waals surface area contributed by atoms with Crippen LogP contribution in [0, 0.1) is 5.92 Å². The van der Waals surface area contributed by atoms with Crippen molar-refractivity contribution >= 4 is 33.4 Å². The molecular weight excluding hydrogens is 314 g/mol. The van der Waals surface area contributed by atoms with Crippen LogP contribution in [0.5, 0.6) is 0 Å². The Kier molecular flexibility index (Phi) is 5.12. The number of aryl methyl sites for hydroxylation is 1. The van der Waals surface area contributed by atoms with E-state index in [9.17, 15) is 4.79 Å². The van der Waals surface area contributed by atoms with Gasteiger partial charge in [0.25, 0.3) is 5.91 Å². The number of hydrogen-bond donors (Lipinski definition) is 0. The highest BCUT2D eigenvalue weighted by molar-refractivity contribution is 9.09. The first-order chi connectivity index (χ1) is 8.76. The highest BCUT2D eigenvalue weighted by atomic mass is 79.9. The zero-order valence-corrected chi connectivity index (χ0v) is 13.0. The van der Waals surface area contributed by atoms with Gasteiger partial charge >= 0.3 is 0 Å². The summed E-state index contributed by atoms with van der Waals surface area (Å²) in [6, 6.07) is 0. The molecule has 6 heteroatoms. The minimum Gasteiger partial charge on any atom is -0.338 e. The van der Waals surface area contributed by atoms with E-state index in [1.54, 1.807) is 0 Å². The van der Waals surface area contributed by atoms with E-state index in [2.05, 4.69) is 32.4 Å². The van der Waals surface area contributed by atoms with Crippen molar-refractivity contribution in [1.82, 2.24) is 14.5 Å². The second-order valence-corrected chi connectivity index (χ2v) is 6.11. The third-order valence-electron chi connectivity index (χ3n) is 3.26. The summed E-state index contributed by atoms with van der Waals surface area (Å²) >= 11 is 4.75. The fraction of sp³-hybridized carbons (Fsp3) is 0.750. The first-order valence-electron chi connectivity index (χ1n) is 6.42. The van der Waals surface area contributed by atoms with E-state index in [-0.39, 0.29) is 5.91 Å². The van der Waals surface area contributed by atoms with Crippen molar-refractivity contribution in [2.24, 2.45) is 5.92 Å². The smallest absolute Gasteiger partial charge is 0.267 e. The van der Waals surface area contributed by atoms with Gasteiger partial charge in [-0.05, 0) is 36.7 Å². The molecule has 2 heterocycles. The summed E-state index contributed by atoms with van der Waals surface area (Å²) in [4.78, 5) is 15.2. The average Bonchev–Trinajstić information content (AvgIpc) is 2.86. The number of alkyl halides is 1. The lowest BCUT2D eigenvalue weighted by Crippen LogP contribution is -2.40. The molecule has 0 spiro atoms. The molecule has 100 valence electrons. The van der Waals surface area contributed by atoms with Gasteiger partial charge in [0.05, 0.1) is 5.69 Å². The van der Waals surface area contributed by atoms with Crippen molar-refractivity contribution in [2.45, 2.75) is 32.6 Å². The van der Waals surface area contributed by atoms with Gasteiger partial charge in [0.2, 0.25) is 0 Å². The number of hydrogen-bond acceptors (Lipinski definition) is 4. The van der Waals surface area contributed by atoms with Gasteiger partial charge in [0.1, 0.15) is 4.88 Å². The number of nitrogens with zero attached hydrogens (tertiary/aromatic N) is 3. The highest BCUT2D eigenvalue weighted by Crippen LogP contribution is 2.22. The van der Waals surface area contributed by atoms with E-state index in [0.717, 1.165) is 48.3 Å². The number of likely N-dealkylation sites (tertiary alicyclic amines) is 1. The number of carbonyl (C=O) groups is 1. The molecule has 1 aromatic rings. The summed E-state index contributed by atoms with van der Waals surface area (Å²) in [6.07, 6.45) is 4.14. The Morgan fingerprint density at radius 1 is 1.61 bits per heavy atom. The monoisotopic (exact) mass is 331 g/mol. The van der Waals surface area contributed by atoms with E-state index in [4.69, 9.17) is 0 Å². The van der Waals surface area contributed by atoms with Crippen LogP contribution in [0.1, 0.15) is 41.6 Å². The standard InChI is InChI=1S/C12H18BrN3OS/c1-2-4-10-11(18-15-14-10)12(17)16-6-3-5-9(7-13)8-16/h9H,2-8H2,1H3. The number of aromatic nitrogens is 2. The highest BCUT2D eigenvalue weighted by Gasteiger charge is 2.26. The number of halogens is 1. The Morgan fingerprint density at radius 3 is 3.17 bits per heavy atom. The minimum absolute atomic E-state index is 0.124. The zero-order chi connectivity index (χ0) is 13.0. The average molecular weight is 332 g/mol. The molecule has 0 aliphatic carbocycles. The van der Waals surface area contributed by atoms with Crippen LogP contribution >= 0.6 is 27.5 Å². The number of piperidine rings is 1. The van der Waals surface area contributed by atoms with Crippen LogP contribution < -0.4 is 0 Å². The van der Waals surface area contributed by atoms with Crippen LogP contribution in [0.15, 0.2) is 0 Å². The molecule has 0 aromatic carbocycles. The van der Waals surface area contributed by atoms with Crippen LogP contribution in [-0.4, -0.2) is 38.8 Å². The molecule has 0 bridgehead atoms. The van der Waals surface area contributed by atoms with Crippen LogP contribution in [-0.2, 0) is 6.42 Å². The van der Waals surface area contributed by atoms with Gasteiger partial charge < -0.3 is 4.90 Å². The van der Waals surface area contributed by atoms with Gasteiger partial charge in [0, 0.05) is 18.4 Å². The maximum absolute atomic E-state index is 12.5. The summed E-state index contributed by atoms with van der Waals surface area (Å²) in [5, 5.41) is 5.04. The molecule has 1 fully saturated rings. The van der Waals surface area contributed by atoms with Crippen LogP contribution in [0.2, 0.25) is 0 Å². The van der Waals surface area contributed by atoms with Gasteiger partial charge in [-0.2, -0.15) is 0 Å². The second-order valence-electron chi connectivity index (χ2n) is 4.71. The van der Waals surface area contributed by atoms with Gasteiger partial charge in [-0.3, -0.25) is 4.79 Å². The molecule has 0 N–H and O–H groups in total. The van der Waals surface area contributed by atoms with Crippen molar-refractivity contribution in [1.29, 1.82) is 0 Å². The second kappa shape index (κ2) is 6.61. The van der Waals surface area contributed by atoms with Crippen LogP contribution in [0.25, 0.3) is 0 Å². The van der Waals surface area contributed by atoms with Crippen LogP contribution in [0.4, 0.5) is 0 Å². The van der Waals surface area contributed by atoms with E-state index in [0.29, 0.717) is 5.92 Å². The summed E-state index contributed by atoms with van der Waals surface area (Å²) in [7, 11) is 0. The van der Waals surface area contributed by atoms with Crippen molar-refractivity contribution in [3.05, 3.63) is 10.6 Å². The Bertz CT molecular complexity index is 410. The van der Waals surface area contributed by atoms with Crippen molar-refractivity contribution in [2.75, 3.05) is 18.4 Å². The maximum atomic E-state index is 12.5. The number of carbonyl (C=O) groups excluding carboxylic acids is 1. The van der Waals surface area contributed by atoms with E-state index in [1.165, 1.54) is 18.0 Å². The molecule has 1 aliphatic rings. The molecule has 0 saturated carbocycles. The summed E-state index contributed by atoms with van der Waals surface area (Å²) in [5.41, 5.74) is 0.869. The molecule has 0 radical (unpaired) electrons. The molecule has 1 unspecified atom stereocenters. The van der Waals surface area contributed by atoms with Crippen molar-refractivity contribution in [3.63, 3.8) is 0 Å². The fourth-order valence-electron chi connectivity index (χ4n) is 2.29. The Hall–Kier alpha value is -0.490. The Balaban J connectivity index is 2.08. The molecule has 2 rings (SSSR count). The Labute approximate surface area is 120 Å². The third kappa shape index (κ3) is 3.09. The predicted octanol–water partition coefficient (Wildman–Crippen LogP) is 2.74. The molecule has 18 heavy (non-hydrogen) atoms. The summed E-state index contributed by atoms with van der Waals surface area (Å²) in [6.45, 7) is 3.81. The number of rotatable bonds is 4. The van der Waals surface area contributed by atoms with Gasteiger partial charge in [0.15, 0.2) is 0 Å². The maximum Gasteiger partial charge on any atom is 0.267 e. The van der Waals surface area contributed by atoms with E-state index in [1.807, 2.05) is 4.90 Å². The predicted molar refractivity (Wildman–Crippen MR) is 76.3 cm³/mol. The molecule has 1 aliphatic heterocycles. The first kappa shape index (κ1) is 13.9. The lowest BCUT2D eigenvalue weighted by Gasteiger charge is -2.31. The van der Waals surface area contributed by atoms with Gasteiger partial charge in [-0.15, -0.1) is 5.10 Å². The topological polar surface area (TPSA) is 46.1 Å². The first-order valence-corrected chi connectivity index (χ1v) is 8.32. The fourth-order valence-corrected chi connectivity index (χ4v) is 3.50.